The lowest BCUT2D eigenvalue weighted by Gasteiger charge is -2.13. The van der Waals surface area contributed by atoms with Crippen LogP contribution in [0.5, 0.6) is 0 Å². The minimum Gasteiger partial charge on any atom is -0.379 e. The molecule has 0 unspecified atom stereocenters. The van der Waals surface area contributed by atoms with Gasteiger partial charge < -0.3 is 19.5 Å². The molecule has 0 aromatic rings. The minimum absolute atomic E-state index is 0.0146. The Balaban J connectivity index is 3.19. The van der Waals surface area contributed by atoms with Crippen LogP contribution in [-0.2, 0) is 19.0 Å². The minimum atomic E-state index is -0.0146. The van der Waals surface area contributed by atoms with Crippen LogP contribution in [0.3, 0.4) is 0 Å². The summed E-state index contributed by atoms with van der Waals surface area (Å²) in [4.78, 5) is 11.6. The standard InChI is InChI=1S/C20H41NO4/c1-4-7-8-11-14-23-16-17-24-15-12-9-10-13-21-20(22)18-25-19(5-2)6-3/h19H,4-18H2,1-3H3,(H,21,22). The molecule has 0 bridgehead atoms. The van der Waals surface area contributed by atoms with E-state index in [-0.39, 0.29) is 18.6 Å². The van der Waals surface area contributed by atoms with Crippen molar-refractivity contribution in [1.82, 2.24) is 5.32 Å². The van der Waals surface area contributed by atoms with Gasteiger partial charge in [-0.25, -0.2) is 0 Å². The zero-order valence-corrected chi connectivity index (χ0v) is 16.8. The summed E-state index contributed by atoms with van der Waals surface area (Å²) in [7, 11) is 0. The first-order valence-electron chi connectivity index (χ1n) is 10.3. The van der Waals surface area contributed by atoms with E-state index < -0.39 is 0 Å². The molecule has 1 amide bonds. The Labute approximate surface area is 155 Å². The Hall–Kier alpha value is -0.650. The fraction of sp³-hybridized carbons (Fsp3) is 0.950. The van der Waals surface area contributed by atoms with E-state index >= 15 is 0 Å². The number of unbranched alkanes of at least 4 members (excludes halogenated alkanes) is 5. The first-order valence-corrected chi connectivity index (χ1v) is 10.3. The van der Waals surface area contributed by atoms with Crippen molar-refractivity contribution in [3.63, 3.8) is 0 Å². The number of hydrogen-bond acceptors (Lipinski definition) is 4. The van der Waals surface area contributed by atoms with Crippen LogP contribution in [-0.4, -0.2) is 51.6 Å². The third-order valence-electron chi connectivity index (χ3n) is 4.16. The van der Waals surface area contributed by atoms with E-state index in [0.717, 1.165) is 51.7 Å². The largest absolute Gasteiger partial charge is 0.379 e. The van der Waals surface area contributed by atoms with Crippen LogP contribution in [0.4, 0.5) is 0 Å². The highest BCUT2D eigenvalue weighted by molar-refractivity contribution is 5.77. The van der Waals surface area contributed by atoms with Crippen LogP contribution < -0.4 is 5.32 Å². The summed E-state index contributed by atoms with van der Waals surface area (Å²) in [5, 5.41) is 2.90. The van der Waals surface area contributed by atoms with Gasteiger partial charge in [-0.1, -0.05) is 40.0 Å². The van der Waals surface area contributed by atoms with Crippen molar-refractivity contribution < 1.29 is 19.0 Å². The molecule has 0 aromatic carbocycles. The van der Waals surface area contributed by atoms with Gasteiger partial charge in [0.25, 0.3) is 0 Å². The molecule has 0 spiro atoms. The number of nitrogens with one attached hydrogen (secondary N) is 1. The molecule has 0 heterocycles. The average molecular weight is 360 g/mol. The number of carbonyl (C=O) groups excluding carboxylic acids is 1. The van der Waals surface area contributed by atoms with Crippen molar-refractivity contribution in [1.29, 1.82) is 0 Å². The Kier molecular flexibility index (Phi) is 19.2. The Morgan fingerprint density at radius 2 is 1.40 bits per heavy atom. The summed E-state index contributed by atoms with van der Waals surface area (Å²) >= 11 is 0. The lowest BCUT2D eigenvalue weighted by Crippen LogP contribution is -2.30. The summed E-state index contributed by atoms with van der Waals surface area (Å²) in [6, 6.07) is 0. The maximum Gasteiger partial charge on any atom is 0.246 e. The second-order valence-electron chi connectivity index (χ2n) is 6.45. The van der Waals surface area contributed by atoms with Crippen molar-refractivity contribution in [3.05, 3.63) is 0 Å². The Morgan fingerprint density at radius 1 is 0.800 bits per heavy atom. The lowest BCUT2D eigenvalue weighted by molar-refractivity contribution is -0.127. The molecular weight excluding hydrogens is 318 g/mol. The quantitative estimate of drug-likeness (QED) is 0.353. The highest BCUT2D eigenvalue weighted by atomic mass is 16.5. The van der Waals surface area contributed by atoms with E-state index in [9.17, 15) is 4.79 Å². The Morgan fingerprint density at radius 3 is 1.96 bits per heavy atom. The summed E-state index contributed by atoms with van der Waals surface area (Å²) < 4.78 is 16.6. The second kappa shape index (κ2) is 19.7. The van der Waals surface area contributed by atoms with Gasteiger partial charge in [-0.15, -0.1) is 0 Å². The van der Waals surface area contributed by atoms with E-state index in [1.54, 1.807) is 0 Å². The van der Waals surface area contributed by atoms with E-state index in [1.807, 2.05) is 0 Å². The molecule has 150 valence electrons. The van der Waals surface area contributed by atoms with Crippen LogP contribution in [0.2, 0.25) is 0 Å². The van der Waals surface area contributed by atoms with E-state index in [0.29, 0.717) is 19.8 Å². The van der Waals surface area contributed by atoms with Crippen molar-refractivity contribution in [2.24, 2.45) is 0 Å². The molecule has 0 aliphatic heterocycles. The first kappa shape index (κ1) is 24.4. The zero-order valence-electron chi connectivity index (χ0n) is 16.8. The van der Waals surface area contributed by atoms with E-state index in [1.165, 1.54) is 19.3 Å². The molecule has 0 aliphatic carbocycles. The molecule has 0 aliphatic rings. The molecule has 0 saturated heterocycles. The summed E-state index contributed by atoms with van der Waals surface area (Å²) in [5.41, 5.74) is 0. The van der Waals surface area contributed by atoms with Crippen molar-refractivity contribution in [2.45, 2.75) is 84.7 Å². The normalized spacial score (nSPS) is 11.2. The topological polar surface area (TPSA) is 56.8 Å². The van der Waals surface area contributed by atoms with Crippen molar-refractivity contribution >= 4 is 5.91 Å². The SMILES string of the molecule is CCCCCCOCCOCCCCCNC(=O)COC(CC)CC. The second-order valence-corrected chi connectivity index (χ2v) is 6.45. The van der Waals surface area contributed by atoms with Gasteiger partial charge >= 0.3 is 0 Å². The molecule has 0 saturated carbocycles. The van der Waals surface area contributed by atoms with Crippen molar-refractivity contribution in [2.75, 3.05) is 39.6 Å². The van der Waals surface area contributed by atoms with Crippen LogP contribution in [0.25, 0.3) is 0 Å². The highest BCUT2D eigenvalue weighted by Crippen LogP contribution is 2.02. The number of carbonyl (C=O) groups is 1. The molecule has 0 rings (SSSR count). The predicted molar refractivity (Wildman–Crippen MR) is 103 cm³/mol. The summed E-state index contributed by atoms with van der Waals surface area (Å²) in [6.07, 6.45) is 10.1. The van der Waals surface area contributed by atoms with Gasteiger partial charge in [-0.3, -0.25) is 4.79 Å². The van der Waals surface area contributed by atoms with E-state index in [2.05, 4.69) is 26.1 Å². The summed E-state index contributed by atoms with van der Waals surface area (Å²) in [5.74, 6) is -0.0146. The lowest BCUT2D eigenvalue weighted by atomic mass is 10.2. The molecule has 0 radical (unpaired) electrons. The smallest absolute Gasteiger partial charge is 0.246 e. The molecule has 25 heavy (non-hydrogen) atoms. The third-order valence-corrected chi connectivity index (χ3v) is 4.16. The van der Waals surface area contributed by atoms with Crippen LogP contribution in [0.15, 0.2) is 0 Å². The summed E-state index contributed by atoms with van der Waals surface area (Å²) in [6.45, 7) is 10.2. The molecule has 1 N–H and O–H groups in total. The maximum absolute atomic E-state index is 11.6. The number of ether oxygens (including phenoxy) is 3. The number of hydrogen-bond donors (Lipinski definition) is 1. The molecule has 0 aromatic heterocycles. The molecular formula is C20H41NO4. The first-order chi connectivity index (χ1) is 12.2. The van der Waals surface area contributed by atoms with Gasteiger partial charge in [0.2, 0.25) is 5.91 Å². The molecule has 5 heteroatoms. The van der Waals surface area contributed by atoms with Crippen molar-refractivity contribution in [3.8, 4) is 0 Å². The van der Waals surface area contributed by atoms with Gasteiger partial charge in [0.15, 0.2) is 0 Å². The predicted octanol–water partition coefficient (Wildman–Crippen LogP) is 4.09. The highest BCUT2D eigenvalue weighted by Gasteiger charge is 2.06. The monoisotopic (exact) mass is 359 g/mol. The van der Waals surface area contributed by atoms with Gasteiger partial charge in [-0.05, 0) is 38.5 Å². The van der Waals surface area contributed by atoms with Crippen LogP contribution >= 0.6 is 0 Å². The molecule has 5 nitrogen and oxygen atoms in total. The van der Waals surface area contributed by atoms with Gasteiger partial charge in [0.05, 0.1) is 19.3 Å². The van der Waals surface area contributed by atoms with Gasteiger partial charge in [-0.2, -0.15) is 0 Å². The fourth-order valence-corrected chi connectivity index (χ4v) is 2.46. The van der Waals surface area contributed by atoms with Crippen LogP contribution in [0, 0.1) is 0 Å². The number of amides is 1. The van der Waals surface area contributed by atoms with E-state index in [4.69, 9.17) is 14.2 Å². The third kappa shape index (κ3) is 18.0. The van der Waals surface area contributed by atoms with Crippen LogP contribution in [0.1, 0.15) is 78.6 Å². The zero-order chi connectivity index (χ0) is 18.6. The average Bonchev–Trinajstić information content (AvgIpc) is 2.62. The number of rotatable bonds is 19. The van der Waals surface area contributed by atoms with Gasteiger partial charge in [0.1, 0.15) is 6.61 Å². The maximum atomic E-state index is 11.6. The molecule has 0 fully saturated rings. The van der Waals surface area contributed by atoms with Gasteiger partial charge in [0, 0.05) is 19.8 Å². The fourth-order valence-electron chi connectivity index (χ4n) is 2.46. The Bertz CT molecular complexity index is 283. The molecule has 0 atom stereocenters.